The fraction of sp³-hybridized carbons (Fsp3) is 0.267. The average molecular weight is 355 g/mol. The first-order valence-electron chi connectivity index (χ1n) is 7.14. The van der Waals surface area contributed by atoms with Crippen molar-refractivity contribution >= 4 is 33.2 Å². The van der Waals surface area contributed by atoms with Gasteiger partial charge in [0.15, 0.2) is 11.0 Å². The van der Waals surface area contributed by atoms with Gasteiger partial charge in [-0.1, -0.05) is 6.07 Å². The predicted octanol–water partition coefficient (Wildman–Crippen LogP) is 2.97. The summed E-state index contributed by atoms with van der Waals surface area (Å²) >= 11 is 5.63. The number of nitrogens with zero attached hydrogens (tertiary/aromatic N) is 1. The Balaban J connectivity index is 1.81. The van der Waals surface area contributed by atoms with E-state index in [4.69, 9.17) is 16.0 Å². The molecule has 1 aliphatic heterocycles. The minimum atomic E-state index is -3.52. The summed E-state index contributed by atoms with van der Waals surface area (Å²) in [7, 11) is -3.52. The van der Waals surface area contributed by atoms with Gasteiger partial charge in [-0.2, -0.15) is 4.31 Å². The van der Waals surface area contributed by atoms with Crippen molar-refractivity contribution < 1.29 is 17.6 Å². The number of rotatable bonds is 4. The Bertz CT molecular complexity index is 826. The van der Waals surface area contributed by atoms with Crippen LogP contribution in [-0.4, -0.2) is 31.7 Å². The quantitative estimate of drug-likeness (QED) is 0.915. The van der Waals surface area contributed by atoms with Crippen molar-refractivity contribution in [1.82, 2.24) is 4.31 Å². The molecule has 1 aromatic heterocycles. The van der Waals surface area contributed by atoms with Gasteiger partial charge in [-0.05, 0) is 54.8 Å². The molecular weight excluding hydrogens is 340 g/mol. The lowest BCUT2D eigenvalue weighted by Gasteiger charge is -2.16. The Labute approximate surface area is 139 Å². The summed E-state index contributed by atoms with van der Waals surface area (Å²) in [6.07, 6.45) is 1.74. The molecule has 1 fully saturated rings. The normalized spacial score (nSPS) is 15.7. The predicted molar refractivity (Wildman–Crippen MR) is 86.1 cm³/mol. The van der Waals surface area contributed by atoms with E-state index in [0.29, 0.717) is 18.8 Å². The van der Waals surface area contributed by atoms with Gasteiger partial charge in [-0.25, -0.2) is 8.42 Å². The zero-order valence-corrected chi connectivity index (χ0v) is 13.7. The highest BCUT2D eigenvalue weighted by molar-refractivity contribution is 7.89. The first-order chi connectivity index (χ1) is 11.0. The summed E-state index contributed by atoms with van der Waals surface area (Å²) in [5, 5.41) is 2.71. The third-order valence-corrected chi connectivity index (χ3v) is 5.69. The number of halogens is 1. The average Bonchev–Trinajstić information content (AvgIpc) is 3.19. The van der Waals surface area contributed by atoms with Crippen molar-refractivity contribution in [2.45, 2.75) is 17.7 Å². The van der Waals surface area contributed by atoms with E-state index in [1.54, 1.807) is 12.1 Å². The molecular formula is C15H15ClN2O4S. The molecule has 1 aliphatic rings. The highest BCUT2D eigenvalue weighted by atomic mass is 35.5. The van der Waals surface area contributed by atoms with Crippen LogP contribution in [0.15, 0.2) is 45.7 Å². The van der Waals surface area contributed by atoms with Gasteiger partial charge in [-0.15, -0.1) is 0 Å². The smallest absolute Gasteiger partial charge is 0.291 e. The summed E-state index contributed by atoms with van der Waals surface area (Å²) in [4.78, 5) is 12.2. The second kappa shape index (κ2) is 6.35. The zero-order valence-electron chi connectivity index (χ0n) is 12.2. The van der Waals surface area contributed by atoms with Gasteiger partial charge in [-0.3, -0.25) is 4.79 Å². The number of carbonyl (C=O) groups is 1. The lowest BCUT2D eigenvalue weighted by atomic mass is 10.3. The van der Waals surface area contributed by atoms with Crippen molar-refractivity contribution in [3.05, 3.63) is 47.4 Å². The van der Waals surface area contributed by atoms with Crippen LogP contribution in [-0.2, 0) is 10.0 Å². The standard InChI is InChI=1S/C15H15ClN2O4S/c16-14-7-6-13(22-14)15(19)17-11-4-3-5-12(10-11)23(20,21)18-8-1-2-9-18/h3-7,10H,1-2,8-9H2,(H,17,19). The summed E-state index contributed by atoms with van der Waals surface area (Å²) < 4.78 is 31.5. The Hall–Kier alpha value is -1.83. The van der Waals surface area contributed by atoms with E-state index >= 15 is 0 Å². The highest BCUT2D eigenvalue weighted by Gasteiger charge is 2.27. The summed E-state index contributed by atoms with van der Waals surface area (Å²) in [6, 6.07) is 9.08. The van der Waals surface area contributed by atoms with E-state index in [0.717, 1.165) is 12.8 Å². The molecule has 0 unspecified atom stereocenters. The molecule has 1 saturated heterocycles. The first-order valence-corrected chi connectivity index (χ1v) is 8.95. The van der Waals surface area contributed by atoms with Crippen LogP contribution in [0.4, 0.5) is 5.69 Å². The van der Waals surface area contributed by atoms with Gasteiger partial charge in [0.2, 0.25) is 10.0 Å². The molecule has 3 rings (SSSR count). The Morgan fingerprint density at radius 2 is 1.91 bits per heavy atom. The molecule has 0 bridgehead atoms. The molecule has 8 heteroatoms. The van der Waals surface area contributed by atoms with Gasteiger partial charge in [0.1, 0.15) is 0 Å². The minimum Gasteiger partial charge on any atom is -0.440 e. The van der Waals surface area contributed by atoms with Crippen molar-refractivity contribution in [2.24, 2.45) is 0 Å². The lowest BCUT2D eigenvalue weighted by Crippen LogP contribution is -2.27. The molecule has 0 spiro atoms. The molecule has 23 heavy (non-hydrogen) atoms. The van der Waals surface area contributed by atoms with Crippen LogP contribution in [0.5, 0.6) is 0 Å². The van der Waals surface area contributed by atoms with Gasteiger partial charge >= 0.3 is 0 Å². The monoisotopic (exact) mass is 354 g/mol. The van der Waals surface area contributed by atoms with Crippen molar-refractivity contribution in [1.29, 1.82) is 0 Å². The highest BCUT2D eigenvalue weighted by Crippen LogP contribution is 2.23. The van der Waals surface area contributed by atoms with Crippen molar-refractivity contribution in [3.8, 4) is 0 Å². The Morgan fingerprint density at radius 1 is 1.17 bits per heavy atom. The molecule has 1 amide bonds. The van der Waals surface area contributed by atoms with E-state index < -0.39 is 15.9 Å². The zero-order chi connectivity index (χ0) is 16.4. The number of hydrogen-bond donors (Lipinski definition) is 1. The number of furan rings is 1. The van der Waals surface area contributed by atoms with E-state index in [1.165, 1.54) is 28.6 Å². The van der Waals surface area contributed by atoms with Crippen LogP contribution in [0.3, 0.4) is 0 Å². The third kappa shape index (κ3) is 3.41. The van der Waals surface area contributed by atoms with E-state index in [1.807, 2.05) is 0 Å². The molecule has 2 heterocycles. The fourth-order valence-corrected chi connectivity index (χ4v) is 4.15. The van der Waals surface area contributed by atoms with Crippen molar-refractivity contribution in [2.75, 3.05) is 18.4 Å². The minimum absolute atomic E-state index is 0.0582. The van der Waals surface area contributed by atoms with E-state index in [2.05, 4.69) is 5.32 Å². The molecule has 0 aliphatic carbocycles. The number of nitrogens with one attached hydrogen (secondary N) is 1. The SMILES string of the molecule is O=C(Nc1cccc(S(=O)(=O)N2CCCC2)c1)c1ccc(Cl)o1. The number of hydrogen-bond acceptors (Lipinski definition) is 4. The van der Waals surface area contributed by atoms with Crippen LogP contribution in [0.25, 0.3) is 0 Å². The molecule has 6 nitrogen and oxygen atoms in total. The number of benzene rings is 1. The topological polar surface area (TPSA) is 79.6 Å². The van der Waals surface area contributed by atoms with Crippen LogP contribution in [0, 0.1) is 0 Å². The molecule has 2 aromatic rings. The number of sulfonamides is 1. The Kier molecular flexibility index (Phi) is 4.43. The van der Waals surface area contributed by atoms with Crippen LogP contribution in [0.1, 0.15) is 23.4 Å². The maximum absolute atomic E-state index is 12.5. The van der Waals surface area contributed by atoms with E-state index in [9.17, 15) is 13.2 Å². The summed E-state index contributed by atoms with van der Waals surface area (Å²) in [6.45, 7) is 1.06. The number of carbonyl (C=O) groups excluding carboxylic acids is 1. The maximum atomic E-state index is 12.5. The van der Waals surface area contributed by atoms with Crippen molar-refractivity contribution in [3.63, 3.8) is 0 Å². The molecule has 0 atom stereocenters. The maximum Gasteiger partial charge on any atom is 0.291 e. The van der Waals surface area contributed by atoms with E-state index in [-0.39, 0.29) is 15.9 Å². The second-order valence-electron chi connectivity index (χ2n) is 5.20. The third-order valence-electron chi connectivity index (χ3n) is 3.59. The Morgan fingerprint density at radius 3 is 2.57 bits per heavy atom. The summed E-state index contributed by atoms with van der Waals surface area (Å²) in [5.74, 6) is -0.435. The molecule has 122 valence electrons. The first kappa shape index (κ1) is 16.0. The number of anilines is 1. The lowest BCUT2D eigenvalue weighted by molar-refractivity contribution is 0.0996. The molecule has 0 saturated carbocycles. The molecule has 0 radical (unpaired) electrons. The fourth-order valence-electron chi connectivity index (χ4n) is 2.44. The van der Waals surface area contributed by atoms with Gasteiger partial charge in [0.25, 0.3) is 5.91 Å². The van der Waals surface area contributed by atoms with Gasteiger partial charge in [0, 0.05) is 18.8 Å². The van der Waals surface area contributed by atoms with Crippen LogP contribution >= 0.6 is 11.6 Å². The number of amides is 1. The molecule has 1 N–H and O–H groups in total. The molecule has 1 aromatic carbocycles. The van der Waals surface area contributed by atoms with Crippen LogP contribution < -0.4 is 5.32 Å². The largest absolute Gasteiger partial charge is 0.440 e. The van der Waals surface area contributed by atoms with Gasteiger partial charge in [0.05, 0.1) is 4.90 Å². The summed E-state index contributed by atoms with van der Waals surface area (Å²) in [5.41, 5.74) is 0.378. The van der Waals surface area contributed by atoms with Crippen LogP contribution in [0.2, 0.25) is 5.22 Å². The van der Waals surface area contributed by atoms with Gasteiger partial charge < -0.3 is 9.73 Å². The second-order valence-corrected chi connectivity index (χ2v) is 7.51.